The monoisotopic (exact) mass is 262 g/mol. The van der Waals surface area contributed by atoms with Gasteiger partial charge in [-0.1, -0.05) is 20.3 Å². The van der Waals surface area contributed by atoms with E-state index in [2.05, 4.69) is 30.2 Å². The topological polar surface area (TPSA) is 34.1 Å². The molecule has 2 atom stereocenters. The number of hydrogen-bond acceptors (Lipinski definition) is 3. The molecule has 1 aromatic rings. The molecule has 1 aliphatic rings. The van der Waals surface area contributed by atoms with E-state index in [4.69, 9.17) is 4.74 Å². The van der Waals surface area contributed by atoms with Crippen molar-refractivity contribution in [2.45, 2.75) is 57.9 Å². The zero-order valence-electron chi connectivity index (χ0n) is 12.2. The van der Waals surface area contributed by atoms with Crippen LogP contribution in [0.2, 0.25) is 0 Å². The van der Waals surface area contributed by atoms with Gasteiger partial charge in [0.25, 0.3) is 0 Å². The first-order valence-electron chi connectivity index (χ1n) is 7.64. The van der Waals surface area contributed by atoms with Crippen molar-refractivity contribution in [1.29, 1.82) is 0 Å². The Bertz CT molecular complexity index is 379. The Balaban J connectivity index is 1.99. The molecule has 2 unspecified atom stereocenters. The molecule has 1 saturated carbocycles. The summed E-state index contributed by atoms with van der Waals surface area (Å²) >= 11 is 0. The molecule has 0 spiro atoms. The van der Waals surface area contributed by atoms with Crippen molar-refractivity contribution in [2.24, 2.45) is 0 Å². The standard InChI is InChI=1S/C16H26N2O/c1-3-8-19-16-10-14(11-17-12-16)13-6-5-7-15(9-13)18-4-2/h10-13,15,18H,3-9H2,1-2H3. The van der Waals surface area contributed by atoms with Gasteiger partial charge in [0.1, 0.15) is 5.75 Å². The van der Waals surface area contributed by atoms with Gasteiger partial charge in [0, 0.05) is 12.2 Å². The van der Waals surface area contributed by atoms with Gasteiger partial charge >= 0.3 is 0 Å². The highest BCUT2D eigenvalue weighted by molar-refractivity contribution is 5.27. The summed E-state index contributed by atoms with van der Waals surface area (Å²) in [7, 11) is 0. The van der Waals surface area contributed by atoms with Crippen molar-refractivity contribution >= 4 is 0 Å². The van der Waals surface area contributed by atoms with Crippen LogP contribution in [0.4, 0.5) is 0 Å². The summed E-state index contributed by atoms with van der Waals surface area (Å²) in [4.78, 5) is 4.34. The fourth-order valence-corrected chi connectivity index (χ4v) is 2.92. The average Bonchev–Trinajstić information content (AvgIpc) is 2.46. The molecule has 1 N–H and O–H groups in total. The Labute approximate surface area is 116 Å². The molecule has 0 radical (unpaired) electrons. The second-order valence-electron chi connectivity index (χ2n) is 5.42. The molecule has 3 nitrogen and oxygen atoms in total. The quantitative estimate of drug-likeness (QED) is 0.852. The van der Waals surface area contributed by atoms with Gasteiger partial charge in [0.05, 0.1) is 12.8 Å². The van der Waals surface area contributed by atoms with Gasteiger partial charge in [-0.05, 0) is 49.8 Å². The van der Waals surface area contributed by atoms with Gasteiger partial charge in [0.2, 0.25) is 0 Å². The van der Waals surface area contributed by atoms with E-state index >= 15 is 0 Å². The third-order valence-electron chi connectivity index (χ3n) is 3.85. The third kappa shape index (κ3) is 4.20. The minimum Gasteiger partial charge on any atom is -0.492 e. The minimum absolute atomic E-state index is 0.635. The van der Waals surface area contributed by atoms with Crippen LogP contribution in [0.15, 0.2) is 18.5 Å². The first-order chi connectivity index (χ1) is 9.33. The van der Waals surface area contributed by atoms with Crippen molar-refractivity contribution in [3.05, 3.63) is 24.0 Å². The van der Waals surface area contributed by atoms with Crippen LogP contribution in [-0.2, 0) is 0 Å². The lowest BCUT2D eigenvalue weighted by Gasteiger charge is -2.29. The predicted octanol–water partition coefficient (Wildman–Crippen LogP) is 3.51. The molecule has 1 aromatic heterocycles. The first-order valence-corrected chi connectivity index (χ1v) is 7.64. The van der Waals surface area contributed by atoms with Crippen molar-refractivity contribution in [3.63, 3.8) is 0 Å². The van der Waals surface area contributed by atoms with E-state index in [9.17, 15) is 0 Å². The highest BCUT2D eigenvalue weighted by Gasteiger charge is 2.23. The highest BCUT2D eigenvalue weighted by Crippen LogP contribution is 2.33. The maximum atomic E-state index is 5.68. The summed E-state index contributed by atoms with van der Waals surface area (Å²) in [6.07, 6.45) is 10.00. The second-order valence-corrected chi connectivity index (χ2v) is 5.42. The summed E-state index contributed by atoms with van der Waals surface area (Å²) < 4.78 is 5.68. The van der Waals surface area contributed by atoms with Gasteiger partial charge in [-0.25, -0.2) is 0 Å². The number of hydrogen-bond donors (Lipinski definition) is 1. The van der Waals surface area contributed by atoms with Crippen LogP contribution in [0.3, 0.4) is 0 Å². The van der Waals surface area contributed by atoms with Gasteiger partial charge < -0.3 is 10.1 Å². The van der Waals surface area contributed by atoms with Crippen molar-refractivity contribution in [2.75, 3.05) is 13.2 Å². The fourth-order valence-electron chi connectivity index (χ4n) is 2.92. The van der Waals surface area contributed by atoms with Crippen LogP contribution in [0, 0.1) is 0 Å². The third-order valence-corrected chi connectivity index (χ3v) is 3.85. The molecule has 2 rings (SSSR count). The van der Waals surface area contributed by atoms with Gasteiger partial charge in [-0.15, -0.1) is 0 Å². The van der Waals surface area contributed by atoms with Crippen LogP contribution >= 0.6 is 0 Å². The molecule has 0 aromatic carbocycles. The molecular formula is C16H26N2O. The van der Waals surface area contributed by atoms with Crippen LogP contribution < -0.4 is 10.1 Å². The summed E-state index contributed by atoms with van der Waals surface area (Å²) in [5.74, 6) is 1.56. The highest BCUT2D eigenvalue weighted by atomic mass is 16.5. The molecule has 1 heterocycles. The minimum atomic E-state index is 0.635. The van der Waals surface area contributed by atoms with E-state index in [1.165, 1.54) is 31.2 Å². The van der Waals surface area contributed by atoms with Crippen LogP contribution in [0.25, 0.3) is 0 Å². The zero-order valence-corrected chi connectivity index (χ0v) is 12.2. The summed E-state index contributed by atoms with van der Waals surface area (Å²) in [6.45, 7) is 6.15. The number of nitrogens with zero attached hydrogens (tertiary/aromatic N) is 1. The Morgan fingerprint density at radius 1 is 1.32 bits per heavy atom. The second kappa shape index (κ2) is 7.49. The summed E-state index contributed by atoms with van der Waals surface area (Å²) in [6, 6.07) is 2.85. The van der Waals surface area contributed by atoms with E-state index in [-0.39, 0.29) is 0 Å². The Hall–Kier alpha value is -1.09. The SMILES string of the molecule is CCCOc1cncc(C2CCCC(NCC)C2)c1. The lowest BCUT2D eigenvalue weighted by molar-refractivity contribution is 0.313. The van der Waals surface area contributed by atoms with Gasteiger partial charge in [-0.2, -0.15) is 0 Å². The van der Waals surface area contributed by atoms with Crippen molar-refractivity contribution in [3.8, 4) is 5.75 Å². The molecule has 106 valence electrons. The molecular weight excluding hydrogens is 236 g/mol. The normalized spacial score (nSPS) is 23.3. The number of ether oxygens (including phenoxy) is 1. The smallest absolute Gasteiger partial charge is 0.137 e. The number of rotatable bonds is 6. The number of aromatic nitrogens is 1. The van der Waals surface area contributed by atoms with Crippen molar-refractivity contribution in [1.82, 2.24) is 10.3 Å². The van der Waals surface area contributed by atoms with E-state index in [0.29, 0.717) is 12.0 Å². The maximum Gasteiger partial charge on any atom is 0.137 e. The van der Waals surface area contributed by atoms with Gasteiger partial charge in [-0.3, -0.25) is 4.98 Å². The molecule has 1 fully saturated rings. The lowest BCUT2D eigenvalue weighted by Crippen LogP contribution is -2.33. The molecule has 0 saturated heterocycles. The predicted molar refractivity (Wildman–Crippen MR) is 78.7 cm³/mol. The first kappa shape index (κ1) is 14.3. The maximum absolute atomic E-state index is 5.68. The summed E-state index contributed by atoms with van der Waals surface area (Å²) in [5, 5.41) is 3.58. The van der Waals surface area contributed by atoms with Crippen molar-refractivity contribution < 1.29 is 4.74 Å². The van der Waals surface area contributed by atoms with E-state index < -0.39 is 0 Å². The molecule has 19 heavy (non-hydrogen) atoms. The van der Waals surface area contributed by atoms with Crippen LogP contribution in [0.1, 0.15) is 57.4 Å². The van der Waals surface area contributed by atoms with Crippen LogP contribution in [-0.4, -0.2) is 24.2 Å². The fraction of sp³-hybridized carbons (Fsp3) is 0.688. The Kier molecular flexibility index (Phi) is 5.64. The van der Waals surface area contributed by atoms with Gasteiger partial charge in [0.15, 0.2) is 0 Å². The largest absolute Gasteiger partial charge is 0.492 e. The lowest BCUT2D eigenvalue weighted by atomic mass is 9.82. The molecule has 0 aliphatic heterocycles. The Morgan fingerprint density at radius 2 is 2.21 bits per heavy atom. The van der Waals surface area contributed by atoms with E-state index in [0.717, 1.165) is 25.3 Å². The summed E-state index contributed by atoms with van der Waals surface area (Å²) in [5.41, 5.74) is 1.34. The molecule has 0 amide bonds. The number of pyridine rings is 1. The molecule has 0 bridgehead atoms. The average molecular weight is 262 g/mol. The molecule has 1 aliphatic carbocycles. The van der Waals surface area contributed by atoms with E-state index in [1.807, 2.05) is 12.4 Å². The number of nitrogens with one attached hydrogen (secondary N) is 1. The molecule has 3 heteroatoms. The van der Waals surface area contributed by atoms with E-state index in [1.54, 1.807) is 0 Å². The van der Waals surface area contributed by atoms with Crippen LogP contribution in [0.5, 0.6) is 5.75 Å². The Morgan fingerprint density at radius 3 is 3.00 bits per heavy atom. The zero-order chi connectivity index (χ0) is 13.5.